The van der Waals surface area contributed by atoms with Crippen molar-refractivity contribution in [1.82, 2.24) is 4.90 Å². The topological polar surface area (TPSA) is 38.8 Å². The first-order chi connectivity index (χ1) is 12.8. The molecule has 1 amide bonds. The van der Waals surface area contributed by atoms with Gasteiger partial charge in [0.05, 0.1) is 20.0 Å². The van der Waals surface area contributed by atoms with Crippen LogP contribution in [0.2, 0.25) is 0 Å². The number of ether oxygens (including phenoxy) is 2. The summed E-state index contributed by atoms with van der Waals surface area (Å²) in [6.07, 6.45) is 0. The minimum atomic E-state index is 0.105. The molecule has 0 spiro atoms. The Morgan fingerprint density at radius 3 is 2.04 bits per heavy atom. The molecule has 27 heavy (non-hydrogen) atoms. The van der Waals surface area contributed by atoms with Crippen LogP contribution in [0.1, 0.15) is 27.8 Å². The number of carbonyl (C=O) groups excluding carboxylic acids is 1. The van der Waals surface area contributed by atoms with Crippen molar-refractivity contribution >= 4 is 17.7 Å². The smallest absolute Gasteiger partial charge is 0.232 e. The molecule has 0 fully saturated rings. The Hall–Kier alpha value is -2.14. The van der Waals surface area contributed by atoms with E-state index in [1.165, 1.54) is 21.6 Å². The highest BCUT2D eigenvalue weighted by atomic mass is 32.2. The first-order valence-electron chi connectivity index (χ1n) is 8.93. The van der Waals surface area contributed by atoms with Gasteiger partial charge in [-0.25, -0.2) is 0 Å². The number of carbonyl (C=O) groups is 1. The molecule has 2 rings (SSSR count). The zero-order valence-electron chi connectivity index (χ0n) is 17.3. The van der Waals surface area contributed by atoms with Crippen molar-refractivity contribution < 1.29 is 14.3 Å². The summed E-state index contributed by atoms with van der Waals surface area (Å²) in [4.78, 5) is 15.6. The molecule has 0 saturated heterocycles. The SMILES string of the molecule is COc1cc(C)c(CN(C)C(=O)CSc2c(C)cc(C)cc2C)cc1OC. The molecule has 2 aromatic rings. The average Bonchev–Trinajstić information content (AvgIpc) is 2.61. The number of aryl methyl sites for hydroxylation is 4. The van der Waals surface area contributed by atoms with Gasteiger partial charge in [0.15, 0.2) is 11.5 Å². The summed E-state index contributed by atoms with van der Waals surface area (Å²) in [6, 6.07) is 8.21. The van der Waals surface area contributed by atoms with E-state index in [0.29, 0.717) is 23.8 Å². The fraction of sp³-hybridized carbons (Fsp3) is 0.409. The molecule has 0 bridgehead atoms. The summed E-state index contributed by atoms with van der Waals surface area (Å²) in [5.41, 5.74) is 5.83. The van der Waals surface area contributed by atoms with E-state index in [0.717, 1.165) is 11.1 Å². The van der Waals surface area contributed by atoms with Crippen LogP contribution in [0.4, 0.5) is 0 Å². The second kappa shape index (κ2) is 9.18. The molecular formula is C22H29NO3S. The van der Waals surface area contributed by atoms with Gasteiger partial charge in [0, 0.05) is 18.5 Å². The van der Waals surface area contributed by atoms with Crippen molar-refractivity contribution in [2.45, 2.75) is 39.1 Å². The first-order valence-corrected chi connectivity index (χ1v) is 9.91. The van der Waals surface area contributed by atoms with Crippen molar-refractivity contribution in [1.29, 1.82) is 0 Å². The quantitative estimate of drug-likeness (QED) is 0.646. The lowest BCUT2D eigenvalue weighted by atomic mass is 10.1. The number of rotatable bonds is 7. The van der Waals surface area contributed by atoms with E-state index in [1.54, 1.807) is 30.9 Å². The molecule has 0 N–H and O–H groups in total. The van der Waals surface area contributed by atoms with Crippen LogP contribution in [0.5, 0.6) is 11.5 Å². The van der Waals surface area contributed by atoms with Gasteiger partial charge < -0.3 is 14.4 Å². The van der Waals surface area contributed by atoms with Gasteiger partial charge in [-0.15, -0.1) is 11.8 Å². The maximum absolute atomic E-state index is 12.6. The molecule has 0 unspecified atom stereocenters. The molecule has 0 saturated carbocycles. The molecule has 4 nitrogen and oxygen atoms in total. The summed E-state index contributed by atoms with van der Waals surface area (Å²) >= 11 is 1.61. The van der Waals surface area contributed by atoms with Gasteiger partial charge in [-0.05, 0) is 62.1 Å². The van der Waals surface area contributed by atoms with E-state index >= 15 is 0 Å². The van der Waals surface area contributed by atoms with Crippen LogP contribution in [0, 0.1) is 27.7 Å². The average molecular weight is 388 g/mol. The Labute approximate surface area is 166 Å². The minimum absolute atomic E-state index is 0.105. The third-order valence-corrected chi connectivity index (χ3v) is 5.94. The normalized spacial score (nSPS) is 10.6. The summed E-state index contributed by atoms with van der Waals surface area (Å²) in [7, 11) is 5.08. The summed E-state index contributed by atoms with van der Waals surface area (Å²) in [5.74, 6) is 1.91. The molecular weight excluding hydrogens is 358 g/mol. The van der Waals surface area contributed by atoms with Crippen LogP contribution in [0.25, 0.3) is 0 Å². The van der Waals surface area contributed by atoms with E-state index in [-0.39, 0.29) is 5.91 Å². The largest absolute Gasteiger partial charge is 0.493 e. The van der Waals surface area contributed by atoms with Gasteiger partial charge in [-0.1, -0.05) is 17.7 Å². The van der Waals surface area contributed by atoms with E-state index in [2.05, 4.69) is 32.9 Å². The number of amides is 1. The number of hydrogen-bond donors (Lipinski definition) is 0. The lowest BCUT2D eigenvalue weighted by Gasteiger charge is -2.20. The maximum Gasteiger partial charge on any atom is 0.232 e. The van der Waals surface area contributed by atoms with E-state index in [9.17, 15) is 4.79 Å². The highest BCUT2D eigenvalue weighted by Gasteiger charge is 2.15. The fourth-order valence-electron chi connectivity index (χ4n) is 3.18. The van der Waals surface area contributed by atoms with Crippen molar-refractivity contribution in [2.75, 3.05) is 27.0 Å². The predicted octanol–water partition coefficient (Wildman–Crippen LogP) is 4.69. The van der Waals surface area contributed by atoms with Crippen LogP contribution in [-0.2, 0) is 11.3 Å². The number of hydrogen-bond acceptors (Lipinski definition) is 4. The van der Waals surface area contributed by atoms with Gasteiger partial charge in [0.2, 0.25) is 5.91 Å². The molecule has 2 aromatic carbocycles. The van der Waals surface area contributed by atoms with Crippen LogP contribution < -0.4 is 9.47 Å². The number of nitrogens with zero attached hydrogens (tertiary/aromatic N) is 1. The van der Waals surface area contributed by atoms with Gasteiger partial charge in [-0.2, -0.15) is 0 Å². The summed E-state index contributed by atoms with van der Waals surface area (Å²) < 4.78 is 10.7. The second-order valence-electron chi connectivity index (χ2n) is 6.90. The maximum atomic E-state index is 12.6. The standard InChI is InChI=1S/C22H29NO3S/c1-14-8-16(3)22(17(4)9-14)27-13-21(24)23(5)12-18-11-20(26-7)19(25-6)10-15(18)2/h8-11H,12-13H2,1-7H3. The molecule has 0 aliphatic heterocycles. The Bertz CT molecular complexity index is 810. The van der Waals surface area contributed by atoms with Crippen LogP contribution in [0.3, 0.4) is 0 Å². The zero-order chi connectivity index (χ0) is 20.1. The lowest BCUT2D eigenvalue weighted by molar-refractivity contribution is -0.127. The van der Waals surface area contributed by atoms with Crippen molar-refractivity contribution in [3.63, 3.8) is 0 Å². The Kier molecular flexibility index (Phi) is 7.19. The third kappa shape index (κ3) is 5.19. The number of benzene rings is 2. The fourth-order valence-corrected chi connectivity index (χ4v) is 4.24. The Morgan fingerprint density at radius 1 is 0.926 bits per heavy atom. The van der Waals surface area contributed by atoms with Crippen molar-refractivity contribution in [2.24, 2.45) is 0 Å². The van der Waals surface area contributed by atoms with Crippen molar-refractivity contribution in [3.05, 3.63) is 52.1 Å². The molecule has 0 aromatic heterocycles. The van der Waals surface area contributed by atoms with Gasteiger partial charge in [0.25, 0.3) is 0 Å². The highest BCUT2D eigenvalue weighted by molar-refractivity contribution is 8.00. The Morgan fingerprint density at radius 2 is 1.48 bits per heavy atom. The van der Waals surface area contributed by atoms with Crippen LogP contribution in [-0.4, -0.2) is 37.8 Å². The molecule has 146 valence electrons. The molecule has 0 aliphatic rings. The summed E-state index contributed by atoms with van der Waals surface area (Å²) in [6.45, 7) is 8.85. The van der Waals surface area contributed by atoms with Crippen LogP contribution >= 0.6 is 11.8 Å². The molecule has 5 heteroatoms. The molecule has 0 atom stereocenters. The first kappa shape index (κ1) is 21.2. The van der Waals surface area contributed by atoms with E-state index < -0.39 is 0 Å². The minimum Gasteiger partial charge on any atom is -0.493 e. The van der Waals surface area contributed by atoms with Gasteiger partial charge in [-0.3, -0.25) is 4.79 Å². The highest BCUT2D eigenvalue weighted by Crippen LogP contribution is 2.31. The molecule has 0 heterocycles. The molecule has 0 radical (unpaired) electrons. The van der Waals surface area contributed by atoms with E-state index in [4.69, 9.17) is 9.47 Å². The summed E-state index contributed by atoms with van der Waals surface area (Å²) in [5, 5.41) is 0. The van der Waals surface area contributed by atoms with Gasteiger partial charge >= 0.3 is 0 Å². The number of thioether (sulfide) groups is 1. The zero-order valence-corrected chi connectivity index (χ0v) is 18.1. The van der Waals surface area contributed by atoms with E-state index in [1.807, 2.05) is 26.1 Å². The monoisotopic (exact) mass is 387 g/mol. The third-order valence-electron chi connectivity index (χ3n) is 4.62. The van der Waals surface area contributed by atoms with Crippen molar-refractivity contribution in [3.8, 4) is 11.5 Å². The Balaban J connectivity index is 2.06. The predicted molar refractivity (Wildman–Crippen MR) is 112 cm³/mol. The molecule has 0 aliphatic carbocycles. The lowest BCUT2D eigenvalue weighted by Crippen LogP contribution is -2.28. The number of methoxy groups -OCH3 is 2. The van der Waals surface area contributed by atoms with Gasteiger partial charge in [0.1, 0.15) is 0 Å². The second-order valence-corrected chi connectivity index (χ2v) is 7.89. The van der Waals surface area contributed by atoms with Crippen LogP contribution in [0.15, 0.2) is 29.2 Å².